The molecule has 0 aliphatic heterocycles. The first-order valence-electron chi connectivity index (χ1n) is 4.18. The Balaban J connectivity index is 2.93. The van der Waals surface area contributed by atoms with Crippen molar-refractivity contribution in [3.8, 4) is 0 Å². The van der Waals surface area contributed by atoms with Crippen molar-refractivity contribution < 1.29 is 14.3 Å². The molecule has 0 radical (unpaired) electrons. The van der Waals surface area contributed by atoms with E-state index < -0.39 is 11.8 Å². The molecule has 0 atom stereocenters. The van der Waals surface area contributed by atoms with Gasteiger partial charge in [0.1, 0.15) is 5.82 Å². The van der Waals surface area contributed by atoms with Crippen molar-refractivity contribution in [2.75, 3.05) is 0 Å². The molecule has 0 fully saturated rings. The quantitative estimate of drug-likeness (QED) is 0.814. The summed E-state index contributed by atoms with van der Waals surface area (Å²) in [7, 11) is 1.67. The second-order valence-corrected chi connectivity index (χ2v) is 3.65. The Bertz CT molecular complexity index is 562. The molecule has 1 heterocycles. The largest absolute Gasteiger partial charge is 0.478 e. The van der Waals surface area contributed by atoms with Crippen LogP contribution in [-0.2, 0) is 7.05 Å². The maximum Gasteiger partial charge on any atom is 0.337 e. The number of carbonyl (C=O) groups is 1. The van der Waals surface area contributed by atoms with E-state index in [4.69, 9.17) is 16.7 Å². The fraction of sp³-hybridized carbons (Fsp3) is 0.100. The summed E-state index contributed by atoms with van der Waals surface area (Å²) in [6, 6.07) is 2.33. The van der Waals surface area contributed by atoms with Gasteiger partial charge in [-0.1, -0.05) is 11.6 Å². The van der Waals surface area contributed by atoms with Gasteiger partial charge in [0, 0.05) is 18.6 Å². The molecule has 0 saturated carbocycles. The number of rotatable bonds is 1. The third kappa shape index (κ3) is 1.47. The van der Waals surface area contributed by atoms with Gasteiger partial charge < -0.3 is 9.67 Å². The van der Waals surface area contributed by atoms with Crippen LogP contribution in [0.2, 0.25) is 5.02 Å². The number of nitrogens with zero attached hydrogens (tertiary/aromatic N) is 1. The van der Waals surface area contributed by atoms with E-state index >= 15 is 0 Å². The predicted octanol–water partition coefficient (Wildman–Crippen LogP) is 2.67. The monoisotopic (exact) mass is 227 g/mol. The molecule has 2 rings (SSSR count). The first kappa shape index (κ1) is 9.98. The van der Waals surface area contributed by atoms with Crippen LogP contribution in [0.1, 0.15) is 10.4 Å². The van der Waals surface area contributed by atoms with E-state index in [0.717, 1.165) is 6.07 Å². The van der Waals surface area contributed by atoms with Gasteiger partial charge in [-0.15, -0.1) is 0 Å². The van der Waals surface area contributed by atoms with E-state index in [9.17, 15) is 9.18 Å². The summed E-state index contributed by atoms with van der Waals surface area (Å²) in [6.45, 7) is 0. The van der Waals surface area contributed by atoms with Crippen LogP contribution in [0.25, 0.3) is 10.9 Å². The molecule has 0 unspecified atom stereocenters. The van der Waals surface area contributed by atoms with Crippen LogP contribution in [0.4, 0.5) is 4.39 Å². The molecule has 2 aromatic rings. The number of carboxylic acid groups (broad SMARTS) is 1. The second-order valence-electron chi connectivity index (χ2n) is 3.24. The van der Waals surface area contributed by atoms with Crippen LogP contribution < -0.4 is 0 Å². The molecule has 0 saturated heterocycles. The number of benzene rings is 1. The van der Waals surface area contributed by atoms with Crippen LogP contribution in [-0.4, -0.2) is 15.6 Å². The average Bonchev–Trinajstić information content (AvgIpc) is 2.42. The van der Waals surface area contributed by atoms with Crippen molar-refractivity contribution in [3.05, 3.63) is 34.7 Å². The first-order chi connectivity index (χ1) is 7.00. The Morgan fingerprint density at radius 3 is 2.80 bits per heavy atom. The highest BCUT2D eigenvalue weighted by atomic mass is 35.5. The zero-order chi connectivity index (χ0) is 11.2. The summed E-state index contributed by atoms with van der Waals surface area (Å²) in [5.74, 6) is -1.64. The van der Waals surface area contributed by atoms with Crippen molar-refractivity contribution in [1.82, 2.24) is 4.57 Å². The molecular weight excluding hydrogens is 221 g/mol. The number of aryl methyl sites for hydroxylation is 1. The smallest absolute Gasteiger partial charge is 0.337 e. The normalized spacial score (nSPS) is 10.9. The number of hydrogen-bond acceptors (Lipinski definition) is 1. The lowest BCUT2D eigenvalue weighted by molar-refractivity contribution is 0.0699. The molecule has 0 bridgehead atoms. The highest BCUT2D eigenvalue weighted by molar-refractivity contribution is 6.35. The van der Waals surface area contributed by atoms with Crippen LogP contribution in [0.15, 0.2) is 18.3 Å². The topological polar surface area (TPSA) is 42.2 Å². The van der Waals surface area contributed by atoms with Crippen molar-refractivity contribution in [3.63, 3.8) is 0 Å². The highest BCUT2D eigenvalue weighted by Gasteiger charge is 2.15. The summed E-state index contributed by atoms with van der Waals surface area (Å²) >= 11 is 5.83. The van der Waals surface area contributed by atoms with Crippen molar-refractivity contribution >= 4 is 28.5 Å². The Morgan fingerprint density at radius 2 is 2.20 bits per heavy atom. The van der Waals surface area contributed by atoms with Crippen LogP contribution in [0, 0.1) is 5.82 Å². The minimum Gasteiger partial charge on any atom is -0.478 e. The fourth-order valence-electron chi connectivity index (χ4n) is 1.63. The fourth-order valence-corrected chi connectivity index (χ4v) is 1.97. The lowest BCUT2D eigenvalue weighted by atomic mass is 10.2. The maximum absolute atomic E-state index is 13.1. The molecule has 0 spiro atoms. The number of halogens is 2. The van der Waals surface area contributed by atoms with E-state index in [0.29, 0.717) is 10.9 Å². The number of fused-ring (bicyclic) bond motifs is 1. The summed E-state index contributed by atoms with van der Waals surface area (Å²) in [6.07, 6.45) is 1.42. The summed E-state index contributed by atoms with van der Waals surface area (Å²) in [5.41, 5.74) is 0.573. The van der Waals surface area contributed by atoms with E-state index in [1.54, 1.807) is 11.6 Å². The molecule has 0 amide bonds. The molecule has 1 N–H and O–H groups in total. The molecule has 0 aliphatic rings. The second kappa shape index (κ2) is 3.24. The van der Waals surface area contributed by atoms with Gasteiger partial charge in [0.15, 0.2) is 0 Å². The Labute approximate surface area is 89.7 Å². The standard InChI is InChI=1S/C10H7ClFNO2/c1-13-4-7(10(14)15)6-2-5(12)3-8(11)9(6)13/h2-4H,1H3,(H,14,15). The highest BCUT2D eigenvalue weighted by Crippen LogP contribution is 2.28. The molecular formula is C10H7ClFNO2. The SMILES string of the molecule is Cn1cc(C(=O)O)c2cc(F)cc(Cl)c21. The predicted molar refractivity (Wildman–Crippen MR) is 54.8 cm³/mol. The number of hydrogen-bond donors (Lipinski definition) is 1. The zero-order valence-corrected chi connectivity index (χ0v) is 8.55. The van der Waals surface area contributed by atoms with Gasteiger partial charge in [0.25, 0.3) is 0 Å². The Hall–Kier alpha value is -1.55. The minimum atomic E-state index is -1.10. The summed E-state index contributed by atoms with van der Waals surface area (Å²) < 4.78 is 14.6. The van der Waals surface area contributed by atoms with E-state index in [-0.39, 0.29) is 10.6 Å². The lowest BCUT2D eigenvalue weighted by Gasteiger charge is -1.99. The Morgan fingerprint density at radius 1 is 1.53 bits per heavy atom. The van der Waals surface area contributed by atoms with Crippen molar-refractivity contribution in [1.29, 1.82) is 0 Å². The minimum absolute atomic E-state index is 0.0499. The maximum atomic E-state index is 13.1. The van der Waals surface area contributed by atoms with Crippen LogP contribution in [0.5, 0.6) is 0 Å². The van der Waals surface area contributed by atoms with Gasteiger partial charge in [-0.2, -0.15) is 0 Å². The van der Waals surface area contributed by atoms with Crippen LogP contribution in [0.3, 0.4) is 0 Å². The molecule has 5 heteroatoms. The Kier molecular flexibility index (Phi) is 2.16. The lowest BCUT2D eigenvalue weighted by Crippen LogP contribution is -1.94. The van der Waals surface area contributed by atoms with Gasteiger partial charge >= 0.3 is 5.97 Å². The van der Waals surface area contributed by atoms with Crippen molar-refractivity contribution in [2.45, 2.75) is 0 Å². The van der Waals surface area contributed by atoms with Gasteiger partial charge in [-0.05, 0) is 12.1 Å². The molecule has 3 nitrogen and oxygen atoms in total. The number of carboxylic acids is 1. The van der Waals surface area contributed by atoms with Gasteiger partial charge in [0.05, 0.1) is 16.1 Å². The van der Waals surface area contributed by atoms with E-state index in [1.807, 2.05) is 0 Å². The van der Waals surface area contributed by atoms with Gasteiger partial charge in [0.2, 0.25) is 0 Å². The van der Waals surface area contributed by atoms with E-state index in [2.05, 4.69) is 0 Å². The molecule has 15 heavy (non-hydrogen) atoms. The summed E-state index contributed by atoms with van der Waals surface area (Å²) in [4.78, 5) is 10.9. The van der Waals surface area contributed by atoms with Gasteiger partial charge in [-0.3, -0.25) is 0 Å². The molecule has 0 aliphatic carbocycles. The zero-order valence-electron chi connectivity index (χ0n) is 7.79. The van der Waals surface area contributed by atoms with E-state index in [1.165, 1.54) is 12.3 Å². The number of aromatic carboxylic acids is 1. The first-order valence-corrected chi connectivity index (χ1v) is 4.56. The molecule has 1 aromatic heterocycles. The third-order valence-electron chi connectivity index (χ3n) is 2.22. The molecule has 78 valence electrons. The number of aromatic nitrogens is 1. The van der Waals surface area contributed by atoms with Gasteiger partial charge in [-0.25, -0.2) is 9.18 Å². The third-order valence-corrected chi connectivity index (χ3v) is 2.51. The summed E-state index contributed by atoms with van der Waals surface area (Å²) in [5, 5.41) is 9.42. The van der Waals surface area contributed by atoms with Crippen LogP contribution >= 0.6 is 11.6 Å². The molecule has 1 aromatic carbocycles. The van der Waals surface area contributed by atoms with Crippen molar-refractivity contribution in [2.24, 2.45) is 7.05 Å². The average molecular weight is 228 g/mol.